The Labute approximate surface area is 163 Å². The molecule has 134 valence electrons. The van der Waals surface area contributed by atoms with Gasteiger partial charge in [-0.3, -0.25) is 14.5 Å². The number of nitrogens with zero attached hydrogens (tertiary/aromatic N) is 4. The lowest BCUT2D eigenvalue weighted by molar-refractivity contribution is 0.0986. The standard InChI is InChI=1S/C21H12N4O2S/c26-19-17(16-10-5-11-28-16)23-25-18(22-19)14-8-3-4-9-15(14)24-20(25)12-6-1-2-7-13(12)21(24)27/h1-11,20H/t20-/m0/s1. The predicted octanol–water partition coefficient (Wildman–Crippen LogP) is 3.55. The van der Waals surface area contributed by atoms with Crippen LogP contribution in [0, 0.1) is 0 Å². The van der Waals surface area contributed by atoms with Gasteiger partial charge in [-0.25, -0.2) is 4.68 Å². The van der Waals surface area contributed by atoms with Crippen molar-refractivity contribution in [2.24, 2.45) is 0 Å². The highest BCUT2D eigenvalue weighted by atomic mass is 32.1. The monoisotopic (exact) mass is 384 g/mol. The van der Waals surface area contributed by atoms with Crippen LogP contribution in [0.15, 0.2) is 70.8 Å². The molecule has 0 bridgehead atoms. The molecule has 0 saturated carbocycles. The number of hydrogen-bond acceptors (Lipinski definition) is 5. The molecule has 2 aromatic carbocycles. The number of hydrogen-bond donors (Lipinski definition) is 0. The normalized spacial score (nSPS) is 16.4. The van der Waals surface area contributed by atoms with Crippen molar-refractivity contribution >= 4 is 22.9 Å². The van der Waals surface area contributed by atoms with Crippen molar-refractivity contribution in [3.05, 3.63) is 87.5 Å². The largest absolute Gasteiger partial charge is 0.300 e. The van der Waals surface area contributed by atoms with Gasteiger partial charge < -0.3 is 0 Å². The zero-order valence-electron chi connectivity index (χ0n) is 14.4. The zero-order valence-corrected chi connectivity index (χ0v) is 15.3. The minimum atomic E-state index is -0.458. The van der Waals surface area contributed by atoms with E-state index >= 15 is 0 Å². The number of carbonyl (C=O) groups is 1. The molecule has 0 unspecified atom stereocenters. The van der Waals surface area contributed by atoms with E-state index < -0.39 is 6.17 Å². The predicted molar refractivity (Wildman–Crippen MR) is 106 cm³/mol. The van der Waals surface area contributed by atoms with E-state index in [0.29, 0.717) is 17.1 Å². The molecule has 0 radical (unpaired) electrons. The van der Waals surface area contributed by atoms with Crippen LogP contribution in [0.3, 0.4) is 0 Å². The van der Waals surface area contributed by atoms with Crippen molar-refractivity contribution in [3.8, 4) is 22.0 Å². The van der Waals surface area contributed by atoms with Crippen LogP contribution in [0.2, 0.25) is 0 Å². The van der Waals surface area contributed by atoms with E-state index in [1.807, 2.05) is 66.0 Å². The zero-order chi connectivity index (χ0) is 18.8. The Balaban J connectivity index is 1.71. The highest BCUT2D eigenvalue weighted by Crippen LogP contribution is 2.46. The smallest absolute Gasteiger partial charge is 0.280 e. The summed E-state index contributed by atoms with van der Waals surface area (Å²) in [4.78, 5) is 32.8. The summed E-state index contributed by atoms with van der Waals surface area (Å²) < 4.78 is 1.71. The van der Waals surface area contributed by atoms with Gasteiger partial charge in [-0.2, -0.15) is 10.1 Å². The summed E-state index contributed by atoms with van der Waals surface area (Å²) in [5, 5.41) is 6.59. The third-order valence-electron chi connectivity index (χ3n) is 5.16. The third kappa shape index (κ3) is 1.91. The third-order valence-corrected chi connectivity index (χ3v) is 6.03. The van der Waals surface area contributed by atoms with Crippen molar-refractivity contribution in [2.45, 2.75) is 6.17 Å². The van der Waals surface area contributed by atoms with E-state index in [-0.39, 0.29) is 11.5 Å². The summed E-state index contributed by atoms with van der Waals surface area (Å²) in [6, 6.07) is 18.8. The Morgan fingerprint density at radius 2 is 1.68 bits per heavy atom. The Bertz CT molecular complexity index is 1330. The molecular formula is C21H12N4O2S. The summed E-state index contributed by atoms with van der Waals surface area (Å²) in [7, 11) is 0. The molecule has 0 aliphatic carbocycles. The number of amides is 1. The number of aromatic nitrogens is 3. The fourth-order valence-electron chi connectivity index (χ4n) is 3.97. The second-order valence-electron chi connectivity index (χ2n) is 6.66. The lowest BCUT2D eigenvalue weighted by Gasteiger charge is -2.34. The fraction of sp³-hybridized carbons (Fsp3) is 0.0476. The summed E-state index contributed by atoms with van der Waals surface area (Å²) in [6.07, 6.45) is -0.458. The molecule has 0 saturated heterocycles. The van der Waals surface area contributed by atoms with E-state index in [2.05, 4.69) is 10.1 Å². The highest BCUT2D eigenvalue weighted by molar-refractivity contribution is 7.13. The highest BCUT2D eigenvalue weighted by Gasteiger charge is 2.44. The number of thiophene rings is 1. The number of rotatable bonds is 1. The average Bonchev–Trinajstić information content (AvgIpc) is 3.36. The van der Waals surface area contributed by atoms with Crippen molar-refractivity contribution in [3.63, 3.8) is 0 Å². The van der Waals surface area contributed by atoms with Crippen LogP contribution in [-0.4, -0.2) is 20.7 Å². The van der Waals surface area contributed by atoms with E-state index in [1.165, 1.54) is 11.3 Å². The molecule has 28 heavy (non-hydrogen) atoms. The SMILES string of the molecule is O=C1c2ccccc2[C@H]2N1c1ccccc1-c1nc(=O)c(-c3cccs3)nn12. The van der Waals surface area contributed by atoms with Gasteiger partial charge in [0.2, 0.25) is 0 Å². The molecule has 6 rings (SSSR count). The molecule has 4 aromatic rings. The summed E-state index contributed by atoms with van der Waals surface area (Å²) in [5.41, 5.74) is 2.91. The van der Waals surface area contributed by atoms with Gasteiger partial charge in [0.05, 0.1) is 10.6 Å². The number of anilines is 1. The lowest BCUT2D eigenvalue weighted by atomic mass is 10.1. The van der Waals surface area contributed by atoms with Gasteiger partial charge in [-0.15, -0.1) is 11.3 Å². The van der Waals surface area contributed by atoms with Gasteiger partial charge in [0.15, 0.2) is 17.7 Å². The van der Waals surface area contributed by atoms with Gasteiger partial charge in [0.1, 0.15) is 0 Å². The van der Waals surface area contributed by atoms with Crippen molar-refractivity contribution < 1.29 is 4.79 Å². The number of carbonyl (C=O) groups excluding carboxylic acids is 1. The summed E-state index contributed by atoms with van der Waals surface area (Å²) >= 11 is 1.44. The van der Waals surface area contributed by atoms with E-state index in [1.54, 1.807) is 9.58 Å². The molecule has 1 atom stereocenters. The molecule has 0 N–H and O–H groups in total. The van der Waals surface area contributed by atoms with Gasteiger partial charge in [-0.1, -0.05) is 36.4 Å². The van der Waals surface area contributed by atoms with Crippen LogP contribution < -0.4 is 10.5 Å². The Morgan fingerprint density at radius 3 is 2.50 bits per heavy atom. The average molecular weight is 384 g/mol. The first-order chi connectivity index (χ1) is 13.7. The molecule has 2 aliphatic rings. The molecular weight excluding hydrogens is 372 g/mol. The quantitative estimate of drug-likeness (QED) is 0.503. The van der Waals surface area contributed by atoms with Crippen molar-refractivity contribution in [2.75, 3.05) is 4.90 Å². The molecule has 0 fully saturated rings. The van der Waals surface area contributed by atoms with Crippen molar-refractivity contribution in [1.29, 1.82) is 0 Å². The van der Waals surface area contributed by atoms with E-state index in [9.17, 15) is 9.59 Å². The number of benzene rings is 2. The Kier molecular flexibility index (Phi) is 3.02. The van der Waals surface area contributed by atoms with Gasteiger partial charge in [0.25, 0.3) is 5.91 Å². The maximum Gasteiger partial charge on any atom is 0.300 e. The first-order valence-electron chi connectivity index (χ1n) is 8.80. The fourth-order valence-corrected chi connectivity index (χ4v) is 4.67. The second-order valence-corrected chi connectivity index (χ2v) is 7.61. The molecule has 2 aromatic heterocycles. The topological polar surface area (TPSA) is 68.1 Å². The van der Waals surface area contributed by atoms with Crippen LogP contribution in [0.25, 0.3) is 22.0 Å². The summed E-state index contributed by atoms with van der Waals surface area (Å²) in [5.74, 6) is 0.406. The maximum atomic E-state index is 13.2. The first-order valence-corrected chi connectivity index (χ1v) is 9.68. The summed E-state index contributed by atoms with van der Waals surface area (Å²) in [6.45, 7) is 0. The van der Waals surface area contributed by atoms with Gasteiger partial charge in [-0.05, 0) is 29.6 Å². The van der Waals surface area contributed by atoms with Crippen LogP contribution in [0.5, 0.6) is 0 Å². The molecule has 1 amide bonds. The molecule has 2 aliphatic heterocycles. The first kappa shape index (κ1) is 15.5. The van der Waals surface area contributed by atoms with E-state index in [4.69, 9.17) is 0 Å². The second kappa shape index (κ2) is 5.46. The van der Waals surface area contributed by atoms with Gasteiger partial charge >= 0.3 is 5.56 Å². The van der Waals surface area contributed by atoms with E-state index in [0.717, 1.165) is 21.7 Å². The molecule has 0 spiro atoms. The van der Waals surface area contributed by atoms with Crippen LogP contribution in [0.4, 0.5) is 5.69 Å². The minimum Gasteiger partial charge on any atom is -0.280 e. The molecule has 4 heterocycles. The maximum absolute atomic E-state index is 13.2. The number of para-hydroxylation sites is 1. The lowest BCUT2D eigenvalue weighted by Crippen LogP contribution is -2.39. The Hall–Kier alpha value is -3.58. The van der Waals surface area contributed by atoms with Crippen LogP contribution in [0.1, 0.15) is 22.1 Å². The van der Waals surface area contributed by atoms with Gasteiger partial charge in [0, 0.05) is 16.7 Å². The van der Waals surface area contributed by atoms with Crippen molar-refractivity contribution in [1.82, 2.24) is 14.8 Å². The van der Waals surface area contributed by atoms with Crippen LogP contribution >= 0.6 is 11.3 Å². The van der Waals surface area contributed by atoms with Crippen LogP contribution in [-0.2, 0) is 0 Å². The molecule has 7 heteroatoms. The molecule has 6 nitrogen and oxygen atoms in total. The Morgan fingerprint density at radius 1 is 0.893 bits per heavy atom. The number of fused-ring (bicyclic) bond motifs is 8. The minimum absolute atomic E-state index is 0.0723.